The van der Waals surface area contributed by atoms with Crippen LogP contribution in [0.15, 0.2) is 61.1 Å². The van der Waals surface area contributed by atoms with Gasteiger partial charge in [0.25, 0.3) is 0 Å². The fraction of sp³-hybridized carbons (Fsp3) is 0. The Morgan fingerprint density at radius 2 is 1.57 bits per heavy atom. The summed E-state index contributed by atoms with van der Waals surface area (Å²) in [6.45, 7) is 0. The highest BCUT2D eigenvalue weighted by Gasteiger charge is 2.23. The summed E-state index contributed by atoms with van der Waals surface area (Å²) >= 11 is 0. The van der Waals surface area contributed by atoms with Crippen LogP contribution >= 0.6 is 0 Å². The molecule has 0 aliphatic rings. The molecule has 0 aliphatic carbocycles. The molecular weight excluding hydrogens is 366 g/mol. The molecule has 3 heterocycles. The van der Waals surface area contributed by atoms with Crippen LogP contribution in [0.25, 0.3) is 5.65 Å². The fourth-order valence-corrected chi connectivity index (χ4v) is 2.92. The first kappa shape index (κ1) is 17.5. The van der Waals surface area contributed by atoms with Gasteiger partial charge in [-0.2, -0.15) is 0 Å². The number of carbonyl (C=O) groups excluding carboxylic acids is 2. The number of pyridine rings is 2. The molecule has 6 nitrogen and oxygen atoms in total. The molecule has 0 aliphatic heterocycles. The molecule has 0 bridgehead atoms. The van der Waals surface area contributed by atoms with E-state index in [4.69, 9.17) is 5.73 Å². The Hall–Kier alpha value is -3.94. The van der Waals surface area contributed by atoms with E-state index in [2.05, 4.69) is 9.97 Å². The predicted octanol–water partition coefficient (Wildman–Crippen LogP) is 3.05. The molecular formula is C20H12F2N4O2. The zero-order valence-corrected chi connectivity index (χ0v) is 14.3. The molecule has 1 aromatic carbocycles. The molecule has 0 fully saturated rings. The fourth-order valence-electron chi connectivity index (χ4n) is 2.92. The van der Waals surface area contributed by atoms with Crippen LogP contribution in [0.4, 0.5) is 14.6 Å². The summed E-state index contributed by atoms with van der Waals surface area (Å²) in [6, 6.07) is 9.04. The number of rotatable bonds is 4. The minimum Gasteiger partial charge on any atom is -0.382 e. The molecule has 0 unspecified atom stereocenters. The zero-order chi connectivity index (χ0) is 19.8. The molecule has 0 saturated heterocycles. The highest BCUT2D eigenvalue weighted by molar-refractivity contribution is 6.12. The maximum atomic E-state index is 14.0. The van der Waals surface area contributed by atoms with Gasteiger partial charge in [0.15, 0.2) is 11.6 Å². The highest BCUT2D eigenvalue weighted by atomic mass is 19.1. The van der Waals surface area contributed by atoms with E-state index in [1.807, 2.05) is 0 Å². The first-order valence-corrected chi connectivity index (χ1v) is 8.18. The minimum atomic E-state index is -0.969. The molecule has 0 spiro atoms. The number of carbonyl (C=O) groups is 2. The lowest BCUT2D eigenvalue weighted by Crippen LogP contribution is -2.11. The van der Waals surface area contributed by atoms with Crippen LogP contribution < -0.4 is 5.73 Å². The SMILES string of the molecule is Nc1nc2ccc(C(=O)c3c(F)cccc3F)cn2c1C(=O)c1ccncc1. The quantitative estimate of drug-likeness (QED) is 0.551. The Balaban J connectivity index is 1.86. The number of benzene rings is 1. The molecule has 3 aromatic heterocycles. The lowest BCUT2D eigenvalue weighted by molar-refractivity contribution is 0.102. The number of nitrogen functional groups attached to an aromatic ring is 1. The van der Waals surface area contributed by atoms with Gasteiger partial charge in [-0.25, -0.2) is 13.8 Å². The largest absolute Gasteiger partial charge is 0.382 e. The number of aromatic nitrogens is 3. The number of hydrogen-bond donors (Lipinski definition) is 1. The van der Waals surface area contributed by atoms with Crippen molar-refractivity contribution in [3.63, 3.8) is 0 Å². The first-order valence-electron chi connectivity index (χ1n) is 8.18. The average Bonchev–Trinajstić information content (AvgIpc) is 3.02. The van der Waals surface area contributed by atoms with Gasteiger partial charge in [-0.15, -0.1) is 0 Å². The molecule has 28 heavy (non-hydrogen) atoms. The van der Waals surface area contributed by atoms with Crippen LogP contribution in [0.2, 0.25) is 0 Å². The van der Waals surface area contributed by atoms with E-state index in [0.717, 1.165) is 12.1 Å². The summed E-state index contributed by atoms with van der Waals surface area (Å²) in [4.78, 5) is 33.5. The molecule has 8 heteroatoms. The second-order valence-electron chi connectivity index (χ2n) is 5.98. The van der Waals surface area contributed by atoms with Crippen molar-refractivity contribution in [2.45, 2.75) is 0 Å². The molecule has 0 radical (unpaired) electrons. The van der Waals surface area contributed by atoms with Gasteiger partial charge < -0.3 is 5.73 Å². The van der Waals surface area contributed by atoms with Gasteiger partial charge in [-0.05, 0) is 36.4 Å². The highest BCUT2D eigenvalue weighted by Crippen LogP contribution is 2.22. The van der Waals surface area contributed by atoms with Crippen molar-refractivity contribution in [2.75, 3.05) is 5.73 Å². The summed E-state index contributed by atoms with van der Waals surface area (Å²) in [5.74, 6) is -3.24. The summed E-state index contributed by atoms with van der Waals surface area (Å²) in [6.07, 6.45) is 4.21. The third-order valence-electron chi connectivity index (χ3n) is 4.26. The molecule has 0 amide bonds. The van der Waals surface area contributed by atoms with E-state index >= 15 is 0 Å². The van der Waals surface area contributed by atoms with Crippen LogP contribution in [-0.2, 0) is 0 Å². The Morgan fingerprint density at radius 3 is 2.25 bits per heavy atom. The topological polar surface area (TPSA) is 90.4 Å². The van der Waals surface area contributed by atoms with E-state index in [0.29, 0.717) is 11.2 Å². The van der Waals surface area contributed by atoms with Crippen molar-refractivity contribution in [2.24, 2.45) is 0 Å². The smallest absolute Gasteiger partial charge is 0.213 e. The zero-order valence-electron chi connectivity index (χ0n) is 14.3. The lowest BCUT2D eigenvalue weighted by Gasteiger charge is -2.07. The van der Waals surface area contributed by atoms with E-state index in [-0.39, 0.29) is 17.1 Å². The number of hydrogen-bond acceptors (Lipinski definition) is 5. The van der Waals surface area contributed by atoms with Crippen molar-refractivity contribution in [1.82, 2.24) is 14.4 Å². The van der Waals surface area contributed by atoms with Crippen molar-refractivity contribution < 1.29 is 18.4 Å². The molecule has 4 aromatic rings. The van der Waals surface area contributed by atoms with Crippen LogP contribution in [0, 0.1) is 11.6 Å². The van der Waals surface area contributed by atoms with Gasteiger partial charge in [0, 0.05) is 29.7 Å². The lowest BCUT2D eigenvalue weighted by atomic mass is 10.0. The number of halogens is 2. The molecule has 0 saturated carbocycles. The molecule has 4 rings (SSSR count). The molecule has 0 atom stereocenters. The maximum Gasteiger partial charge on any atom is 0.213 e. The monoisotopic (exact) mass is 378 g/mol. The number of fused-ring (bicyclic) bond motifs is 1. The summed E-state index contributed by atoms with van der Waals surface area (Å²) < 4.78 is 29.3. The van der Waals surface area contributed by atoms with Crippen LogP contribution in [0.3, 0.4) is 0 Å². The summed E-state index contributed by atoms with van der Waals surface area (Å²) in [5, 5.41) is 0. The first-order chi connectivity index (χ1) is 13.5. The standard InChI is InChI=1S/C20H12F2N4O2/c21-13-2-1-3-14(22)16(13)18(27)12-4-5-15-25-20(23)17(26(15)10-12)19(28)11-6-8-24-9-7-11/h1-10H,23H2. The van der Waals surface area contributed by atoms with Crippen LogP contribution in [0.5, 0.6) is 0 Å². The van der Waals surface area contributed by atoms with E-state index < -0.39 is 28.8 Å². The van der Waals surface area contributed by atoms with Crippen molar-refractivity contribution in [3.8, 4) is 0 Å². The third kappa shape index (κ3) is 2.81. The summed E-state index contributed by atoms with van der Waals surface area (Å²) in [5.41, 5.74) is 5.92. The molecule has 2 N–H and O–H groups in total. The number of ketones is 2. The average molecular weight is 378 g/mol. The second kappa shape index (κ2) is 6.66. The van der Waals surface area contributed by atoms with Crippen molar-refractivity contribution >= 4 is 23.0 Å². The van der Waals surface area contributed by atoms with E-state index in [1.54, 1.807) is 0 Å². The molecule has 138 valence electrons. The Kier molecular flexibility index (Phi) is 4.15. The van der Waals surface area contributed by atoms with Gasteiger partial charge in [-0.1, -0.05) is 6.07 Å². The minimum absolute atomic E-state index is 0.0160. The van der Waals surface area contributed by atoms with Crippen molar-refractivity contribution in [3.05, 3.63) is 95.1 Å². The van der Waals surface area contributed by atoms with Crippen LogP contribution in [-0.4, -0.2) is 25.9 Å². The summed E-state index contributed by atoms with van der Waals surface area (Å²) in [7, 11) is 0. The number of nitrogens with zero attached hydrogens (tertiary/aromatic N) is 3. The number of imidazole rings is 1. The van der Waals surface area contributed by atoms with Gasteiger partial charge in [0.05, 0.1) is 5.56 Å². The van der Waals surface area contributed by atoms with Gasteiger partial charge in [-0.3, -0.25) is 19.0 Å². The van der Waals surface area contributed by atoms with E-state index in [9.17, 15) is 18.4 Å². The van der Waals surface area contributed by atoms with Gasteiger partial charge >= 0.3 is 0 Å². The third-order valence-corrected chi connectivity index (χ3v) is 4.26. The maximum absolute atomic E-state index is 14.0. The predicted molar refractivity (Wildman–Crippen MR) is 97.1 cm³/mol. The van der Waals surface area contributed by atoms with Gasteiger partial charge in [0.1, 0.15) is 23.0 Å². The Labute approximate surface area is 157 Å². The Morgan fingerprint density at radius 1 is 0.893 bits per heavy atom. The van der Waals surface area contributed by atoms with Gasteiger partial charge in [0.2, 0.25) is 5.78 Å². The van der Waals surface area contributed by atoms with Crippen LogP contribution in [0.1, 0.15) is 32.0 Å². The number of nitrogens with two attached hydrogens (primary N) is 1. The van der Waals surface area contributed by atoms with Crippen molar-refractivity contribution in [1.29, 1.82) is 0 Å². The number of anilines is 1. The van der Waals surface area contributed by atoms with E-state index in [1.165, 1.54) is 53.3 Å². The normalized spacial score (nSPS) is 10.9. The Bertz CT molecular complexity index is 1220. The second-order valence-corrected chi connectivity index (χ2v) is 5.98.